The molecule has 152 valence electrons. The lowest BCUT2D eigenvalue weighted by Crippen LogP contribution is -2.36. The summed E-state index contributed by atoms with van der Waals surface area (Å²) < 4.78 is 0. The molecule has 28 heavy (non-hydrogen) atoms. The zero-order valence-electron chi connectivity index (χ0n) is 17.2. The van der Waals surface area contributed by atoms with Crippen LogP contribution in [0.25, 0.3) is 0 Å². The van der Waals surface area contributed by atoms with E-state index in [0.717, 1.165) is 24.1 Å². The predicted octanol–water partition coefficient (Wildman–Crippen LogP) is 4.08. The molecule has 0 spiro atoms. The third-order valence-corrected chi connectivity index (χ3v) is 5.88. The lowest BCUT2D eigenvalue weighted by atomic mass is 10.1. The molecule has 0 bridgehead atoms. The van der Waals surface area contributed by atoms with Crippen molar-refractivity contribution in [2.75, 3.05) is 19.6 Å². The Morgan fingerprint density at radius 3 is 2.43 bits per heavy atom. The van der Waals surface area contributed by atoms with Crippen LogP contribution in [0, 0.1) is 6.92 Å². The Hall–Kier alpha value is -1.92. The number of benzene rings is 1. The zero-order valence-corrected chi connectivity index (χ0v) is 18.0. The van der Waals surface area contributed by atoms with Gasteiger partial charge in [-0.05, 0) is 50.9 Å². The van der Waals surface area contributed by atoms with Crippen molar-refractivity contribution in [2.24, 2.45) is 4.99 Å². The fraction of sp³-hybridized carbons (Fsp3) is 0.545. The third-order valence-electron chi connectivity index (χ3n) is 4.97. The van der Waals surface area contributed by atoms with Gasteiger partial charge in [-0.1, -0.05) is 37.1 Å². The predicted molar refractivity (Wildman–Crippen MR) is 119 cm³/mol. The van der Waals surface area contributed by atoms with E-state index in [9.17, 15) is 0 Å². The van der Waals surface area contributed by atoms with E-state index >= 15 is 0 Å². The Kier molecular flexibility index (Phi) is 8.30. The molecular weight excluding hydrogens is 366 g/mol. The first-order valence-corrected chi connectivity index (χ1v) is 11.3. The Labute approximate surface area is 173 Å². The molecule has 6 heteroatoms. The molecule has 0 unspecified atom stereocenters. The van der Waals surface area contributed by atoms with Gasteiger partial charge in [0.25, 0.3) is 0 Å². The number of hydrogen-bond acceptors (Lipinski definition) is 4. The van der Waals surface area contributed by atoms with Crippen molar-refractivity contribution in [2.45, 2.75) is 59.2 Å². The van der Waals surface area contributed by atoms with Gasteiger partial charge in [-0.2, -0.15) is 0 Å². The van der Waals surface area contributed by atoms with Gasteiger partial charge in [-0.3, -0.25) is 4.90 Å². The number of aliphatic imine (C=N–C) groups is 1. The molecule has 5 nitrogen and oxygen atoms in total. The Morgan fingerprint density at radius 2 is 1.79 bits per heavy atom. The highest BCUT2D eigenvalue weighted by molar-refractivity contribution is 7.11. The molecule has 1 fully saturated rings. The van der Waals surface area contributed by atoms with E-state index in [4.69, 9.17) is 4.99 Å². The second-order valence-electron chi connectivity index (χ2n) is 7.42. The Balaban J connectivity index is 1.51. The molecule has 0 atom stereocenters. The van der Waals surface area contributed by atoms with Gasteiger partial charge in [0.05, 0.1) is 13.1 Å². The minimum absolute atomic E-state index is 0.677. The minimum Gasteiger partial charge on any atom is -0.357 e. The fourth-order valence-electron chi connectivity index (χ4n) is 3.46. The van der Waals surface area contributed by atoms with Gasteiger partial charge in [0.1, 0.15) is 5.01 Å². The summed E-state index contributed by atoms with van der Waals surface area (Å²) in [6, 6.07) is 8.94. The summed E-state index contributed by atoms with van der Waals surface area (Å²) in [6.45, 7) is 9.94. The number of hydrogen-bond donors (Lipinski definition) is 2. The summed E-state index contributed by atoms with van der Waals surface area (Å²) >= 11 is 1.72. The van der Waals surface area contributed by atoms with Crippen molar-refractivity contribution in [3.05, 3.63) is 51.5 Å². The van der Waals surface area contributed by atoms with Crippen LogP contribution in [0.4, 0.5) is 0 Å². The van der Waals surface area contributed by atoms with E-state index in [1.807, 2.05) is 6.20 Å². The van der Waals surface area contributed by atoms with Crippen LogP contribution in [0.1, 0.15) is 53.6 Å². The monoisotopic (exact) mass is 399 g/mol. The van der Waals surface area contributed by atoms with E-state index < -0.39 is 0 Å². The highest BCUT2D eigenvalue weighted by Gasteiger charge is 2.09. The number of likely N-dealkylation sites (tertiary alicyclic amines) is 1. The van der Waals surface area contributed by atoms with Gasteiger partial charge in [0.15, 0.2) is 5.96 Å². The van der Waals surface area contributed by atoms with Crippen molar-refractivity contribution in [1.29, 1.82) is 0 Å². The maximum Gasteiger partial charge on any atom is 0.191 e. The van der Waals surface area contributed by atoms with Gasteiger partial charge in [0, 0.05) is 24.2 Å². The smallest absolute Gasteiger partial charge is 0.191 e. The normalized spacial score (nSPS) is 16.0. The highest BCUT2D eigenvalue weighted by atomic mass is 32.1. The van der Waals surface area contributed by atoms with Gasteiger partial charge in [-0.25, -0.2) is 9.98 Å². The van der Waals surface area contributed by atoms with Crippen molar-refractivity contribution in [3.8, 4) is 0 Å². The van der Waals surface area contributed by atoms with Crippen LogP contribution >= 0.6 is 11.3 Å². The molecule has 1 saturated heterocycles. The first-order chi connectivity index (χ1) is 13.7. The third kappa shape index (κ3) is 6.91. The lowest BCUT2D eigenvalue weighted by molar-refractivity contribution is 0.277. The maximum absolute atomic E-state index is 4.72. The topological polar surface area (TPSA) is 52.6 Å². The summed E-state index contributed by atoms with van der Waals surface area (Å²) in [5, 5.41) is 7.77. The van der Waals surface area contributed by atoms with Gasteiger partial charge in [0.2, 0.25) is 0 Å². The van der Waals surface area contributed by atoms with E-state index in [-0.39, 0.29) is 0 Å². The largest absolute Gasteiger partial charge is 0.357 e. The Morgan fingerprint density at radius 1 is 1.07 bits per heavy atom. The molecule has 1 aliphatic rings. The van der Waals surface area contributed by atoms with E-state index in [0.29, 0.717) is 13.1 Å². The SMILES string of the molecule is CCNC(=NCc1ccc(CN2CCCCCC2)cc1)NCc1ncc(C)s1. The van der Waals surface area contributed by atoms with Crippen LogP contribution in [-0.4, -0.2) is 35.5 Å². The minimum atomic E-state index is 0.677. The first kappa shape index (κ1) is 20.8. The molecule has 0 amide bonds. The molecule has 2 N–H and O–H groups in total. The molecule has 2 heterocycles. The Bertz CT molecular complexity index is 730. The standard InChI is InChI=1S/C22H33N5S/c1-3-23-22(26-16-21-24-14-18(2)28-21)25-15-19-8-10-20(11-9-19)17-27-12-6-4-5-7-13-27/h8-11,14H,3-7,12-13,15-17H2,1-2H3,(H2,23,25,26). The highest BCUT2D eigenvalue weighted by Crippen LogP contribution is 2.14. The lowest BCUT2D eigenvalue weighted by Gasteiger charge is -2.19. The van der Waals surface area contributed by atoms with Crippen LogP contribution in [0.15, 0.2) is 35.5 Å². The molecule has 0 radical (unpaired) electrons. The van der Waals surface area contributed by atoms with Crippen LogP contribution in [0.5, 0.6) is 0 Å². The molecule has 1 aliphatic heterocycles. The van der Waals surface area contributed by atoms with Crippen LogP contribution < -0.4 is 10.6 Å². The molecule has 1 aromatic carbocycles. The van der Waals surface area contributed by atoms with Gasteiger partial charge < -0.3 is 10.6 Å². The molecule has 2 aromatic rings. The van der Waals surface area contributed by atoms with E-state index in [1.165, 1.54) is 54.8 Å². The zero-order chi connectivity index (χ0) is 19.6. The summed E-state index contributed by atoms with van der Waals surface area (Å²) in [5.74, 6) is 0.837. The average molecular weight is 400 g/mol. The number of thiazole rings is 1. The van der Waals surface area contributed by atoms with Crippen LogP contribution in [-0.2, 0) is 19.6 Å². The number of aryl methyl sites for hydroxylation is 1. The molecule has 3 rings (SSSR count). The van der Waals surface area contributed by atoms with Gasteiger partial charge >= 0.3 is 0 Å². The van der Waals surface area contributed by atoms with Crippen LogP contribution in [0.3, 0.4) is 0 Å². The molecule has 0 aliphatic carbocycles. The van der Waals surface area contributed by atoms with Crippen molar-refractivity contribution in [3.63, 3.8) is 0 Å². The number of aromatic nitrogens is 1. The van der Waals surface area contributed by atoms with Crippen LogP contribution in [0.2, 0.25) is 0 Å². The first-order valence-electron chi connectivity index (χ1n) is 10.5. The van der Waals surface area contributed by atoms with Gasteiger partial charge in [-0.15, -0.1) is 11.3 Å². The van der Waals surface area contributed by atoms with E-state index in [2.05, 4.69) is 58.6 Å². The maximum atomic E-state index is 4.72. The summed E-state index contributed by atoms with van der Waals surface area (Å²) in [6.07, 6.45) is 7.37. The molecule has 1 aromatic heterocycles. The second kappa shape index (κ2) is 11.2. The number of guanidine groups is 1. The summed E-state index contributed by atoms with van der Waals surface area (Å²) in [4.78, 5) is 12.9. The summed E-state index contributed by atoms with van der Waals surface area (Å²) in [5.41, 5.74) is 2.64. The van der Waals surface area contributed by atoms with E-state index in [1.54, 1.807) is 11.3 Å². The number of nitrogens with one attached hydrogen (secondary N) is 2. The number of nitrogens with zero attached hydrogens (tertiary/aromatic N) is 3. The average Bonchev–Trinajstić information content (AvgIpc) is 2.95. The fourth-order valence-corrected chi connectivity index (χ4v) is 4.18. The van der Waals surface area contributed by atoms with Crippen molar-refractivity contribution < 1.29 is 0 Å². The number of rotatable bonds is 7. The quantitative estimate of drug-likeness (QED) is 0.544. The van der Waals surface area contributed by atoms with Crippen molar-refractivity contribution >= 4 is 17.3 Å². The molecule has 0 saturated carbocycles. The summed E-state index contributed by atoms with van der Waals surface area (Å²) in [7, 11) is 0. The van der Waals surface area contributed by atoms with Crippen molar-refractivity contribution in [1.82, 2.24) is 20.5 Å². The molecular formula is C22H33N5S. The second-order valence-corrected chi connectivity index (χ2v) is 8.74.